The molecule has 2 unspecified atom stereocenters. The van der Waals surface area contributed by atoms with E-state index in [-0.39, 0.29) is 48.9 Å². The molecule has 0 aliphatic carbocycles. The van der Waals surface area contributed by atoms with E-state index in [0.717, 1.165) is 23.4 Å². The molecule has 0 saturated heterocycles. The van der Waals surface area contributed by atoms with Crippen molar-refractivity contribution in [1.82, 2.24) is 15.1 Å². The summed E-state index contributed by atoms with van der Waals surface area (Å²) in [4.78, 5) is 40.9. The normalized spacial score (nSPS) is 15.3. The third-order valence-corrected chi connectivity index (χ3v) is 10.5. The fraction of sp³-hybridized carbons (Fsp3) is 0.359. The number of carbonyl (C=O) groups excluding carboxylic acids is 3. The van der Waals surface area contributed by atoms with E-state index in [1.807, 2.05) is 13.0 Å². The minimum absolute atomic E-state index is 0.00572. The van der Waals surface area contributed by atoms with Crippen molar-refractivity contribution in [3.63, 3.8) is 0 Å². The van der Waals surface area contributed by atoms with Gasteiger partial charge in [-0.1, -0.05) is 101 Å². The third-order valence-electron chi connectivity index (χ3n) is 9.72. The number of amides is 3. The van der Waals surface area contributed by atoms with E-state index in [1.165, 1.54) is 34.6 Å². The van der Waals surface area contributed by atoms with Crippen LogP contribution in [0, 0.1) is 0 Å². The summed E-state index contributed by atoms with van der Waals surface area (Å²) in [6.45, 7) is 15.0. The summed E-state index contributed by atoms with van der Waals surface area (Å²) in [6.07, 6.45) is 4.58. The SMILES string of the molecule is CCC(Oc1ccc(C(C)(C)CC)cc1C(C)(C)CC)C(=O)Nc1cccc(C(=O)NC2=NN(c3c(Cl)cc(Cl)cc3Cl)C(=O)C2n2cccn2)c1. The highest BCUT2D eigenvalue weighted by atomic mass is 35.5. The standard InChI is InChI=1S/C39H43Cl3N6O4/c1-8-30(52-31-16-15-24(38(4,5)9-2)20-27(31)39(6,7)10-3)36(50)44-26-14-11-13-23(19-26)35(49)45-34-33(47-18-12-17-43-47)37(51)48(46-34)32-28(41)21-25(40)22-29(32)42/h11-22,30,33H,8-10H2,1-7H3,(H,44,50)(H,45,46,49). The number of benzene rings is 3. The molecule has 10 nitrogen and oxygen atoms in total. The molecule has 0 fully saturated rings. The fourth-order valence-electron chi connectivity index (χ4n) is 5.71. The average molecular weight is 766 g/mol. The molecule has 274 valence electrons. The van der Waals surface area contributed by atoms with Gasteiger partial charge in [-0.25, -0.2) is 0 Å². The van der Waals surface area contributed by atoms with E-state index in [2.05, 4.69) is 74.5 Å². The predicted octanol–water partition coefficient (Wildman–Crippen LogP) is 9.35. The number of hydrogen-bond acceptors (Lipinski definition) is 6. The first-order chi connectivity index (χ1) is 24.6. The van der Waals surface area contributed by atoms with Gasteiger partial charge in [0.25, 0.3) is 17.7 Å². The number of halogens is 3. The van der Waals surface area contributed by atoms with Gasteiger partial charge in [-0.15, -0.1) is 5.10 Å². The zero-order valence-electron chi connectivity index (χ0n) is 30.3. The van der Waals surface area contributed by atoms with Gasteiger partial charge < -0.3 is 15.4 Å². The van der Waals surface area contributed by atoms with Crippen molar-refractivity contribution < 1.29 is 19.1 Å². The highest BCUT2D eigenvalue weighted by Crippen LogP contribution is 2.41. The van der Waals surface area contributed by atoms with Crippen LogP contribution in [0.25, 0.3) is 0 Å². The lowest BCUT2D eigenvalue weighted by molar-refractivity contribution is -0.123. The maximum Gasteiger partial charge on any atom is 0.280 e. The third kappa shape index (κ3) is 8.14. The van der Waals surface area contributed by atoms with Gasteiger partial charge in [0.05, 0.1) is 10.0 Å². The smallest absolute Gasteiger partial charge is 0.280 e. The lowest BCUT2D eigenvalue weighted by atomic mass is 9.76. The molecule has 13 heteroatoms. The van der Waals surface area contributed by atoms with Crippen molar-refractivity contribution in [3.8, 4) is 5.75 Å². The zero-order valence-corrected chi connectivity index (χ0v) is 32.5. The van der Waals surface area contributed by atoms with E-state index < -0.39 is 24.0 Å². The Morgan fingerprint density at radius 2 is 1.60 bits per heavy atom. The van der Waals surface area contributed by atoms with Crippen molar-refractivity contribution in [2.75, 3.05) is 10.3 Å². The maximum atomic E-state index is 13.7. The van der Waals surface area contributed by atoms with Crippen LogP contribution in [-0.2, 0) is 20.4 Å². The van der Waals surface area contributed by atoms with Crippen LogP contribution in [0.4, 0.5) is 11.4 Å². The molecule has 0 spiro atoms. The summed E-state index contributed by atoms with van der Waals surface area (Å²) in [7, 11) is 0. The van der Waals surface area contributed by atoms with E-state index in [0.29, 0.717) is 17.9 Å². The molecule has 0 radical (unpaired) electrons. The number of amidine groups is 1. The van der Waals surface area contributed by atoms with Crippen LogP contribution in [-0.4, -0.2) is 39.4 Å². The molecule has 1 aliphatic rings. The molecule has 3 amide bonds. The van der Waals surface area contributed by atoms with Gasteiger partial charge in [0.15, 0.2) is 18.0 Å². The number of anilines is 2. The van der Waals surface area contributed by atoms with Gasteiger partial charge >= 0.3 is 0 Å². The van der Waals surface area contributed by atoms with Gasteiger partial charge in [-0.2, -0.15) is 10.1 Å². The fourth-order valence-corrected chi connectivity index (χ4v) is 6.69. The predicted molar refractivity (Wildman–Crippen MR) is 208 cm³/mol. The molecule has 2 atom stereocenters. The number of hydrazone groups is 1. The molecule has 0 saturated carbocycles. The molecule has 2 heterocycles. The van der Waals surface area contributed by atoms with Gasteiger partial charge in [0, 0.05) is 34.2 Å². The van der Waals surface area contributed by atoms with Crippen LogP contribution in [0.5, 0.6) is 5.75 Å². The second kappa shape index (κ2) is 15.7. The molecule has 4 aromatic rings. The Morgan fingerprint density at radius 1 is 0.904 bits per heavy atom. The number of nitrogens with zero attached hydrogens (tertiary/aromatic N) is 4. The summed E-state index contributed by atoms with van der Waals surface area (Å²) in [5, 5.41) is 15.8. The maximum absolute atomic E-state index is 13.7. The molecule has 0 bridgehead atoms. The molecule has 2 N–H and O–H groups in total. The topological polar surface area (TPSA) is 118 Å². The first-order valence-electron chi connectivity index (χ1n) is 17.2. The summed E-state index contributed by atoms with van der Waals surface area (Å²) >= 11 is 18.9. The van der Waals surface area contributed by atoms with Gasteiger partial charge in [0.1, 0.15) is 11.4 Å². The lowest BCUT2D eigenvalue weighted by Crippen LogP contribution is -2.38. The number of ether oxygens (including phenoxy) is 1. The lowest BCUT2D eigenvalue weighted by Gasteiger charge is -2.31. The van der Waals surface area contributed by atoms with E-state index in [4.69, 9.17) is 39.5 Å². The van der Waals surface area contributed by atoms with Crippen LogP contribution >= 0.6 is 34.8 Å². The number of carbonyl (C=O) groups is 3. The first-order valence-corrected chi connectivity index (χ1v) is 18.3. The van der Waals surface area contributed by atoms with Crippen molar-refractivity contribution in [3.05, 3.63) is 105 Å². The van der Waals surface area contributed by atoms with E-state index >= 15 is 0 Å². The molecular weight excluding hydrogens is 723 g/mol. The molecule has 5 rings (SSSR count). The Labute approximate surface area is 319 Å². The summed E-state index contributed by atoms with van der Waals surface area (Å²) in [6, 6.07) is 16.1. The Bertz CT molecular complexity index is 1990. The van der Waals surface area contributed by atoms with Crippen molar-refractivity contribution in [1.29, 1.82) is 0 Å². The van der Waals surface area contributed by atoms with Crippen LogP contribution < -0.4 is 20.4 Å². The summed E-state index contributed by atoms with van der Waals surface area (Å²) in [5.41, 5.74) is 2.81. The monoisotopic (exact) mass is 764 g/mol. The minimum Gasteiger partial charge on any atom is -0.480 e. The van der Waals surface area contributed by atoms with Crippen LogP contribution in [0.2, 0.25) is 15.1 Å². The van der Waals surface area contributed by atoms with Gasteiger partial charge in [-0.3, -0.25) is 19.1 Å². The Balaban J connectivity index is 1.36. The molecule has 52 heavy (non-hydrogen) atoms. The molecule has 1 aromatic heterocycles. The van der Waals surface area contributed by atoms with Crippen molar-refractivity contribution in [2.45, 2.75) is 90.7 Å². The quantitative estimate of drug-likeness (QED) is 0.149. The van der Waals surface area contributed by atoms with Gasteiger partial charge in [-0.05, 0) is 78.1 Å². The first kappa shape index (κ1) is 38.8. The second-order valence-electron chi connectivity index (χ2n) is 14.0. The number of rotatable bonds is 12. The molecule has 3 aromatic carbocycles. The average Bonchev–Trinajstić information content (AvgIpc) is 3.74. The number of hydrogen-bond donors (Lipinski definition) is 2. The van der Waals surface area contributed by atoms with Crippen LogP contribution in [0.3, 0.4) is 0 Å². The van der Waals surface area contributed by atoms with E-state index in [9.17, 15) is 14.4 Å². The largest absolute Gasteiger partial charge is 0.480 e. The van der Waals surface area contributed by atoms with Crippen LogP contribution in [0.15, 0.2) is 78.2 Å². The van der Waals surface area contributed by atoms with Crippen molar-refractivity contribution in [2.24, 2.45) is 5.10 Å². The van der Waals surface area contributed by atoms with Crippen molar-refractivity contribution >= 4 is 69.7 Å². The molecular formula is C39H43Cl3N6O4. The van der Waals surface area contributed by atoms with Gasteiger partial charge in [0.2, 0.25) is 0 Å². The Morgan fingerprint density at radius 3 is 2.21 bits per heavy atom. The Kier molecular flexibility index (Phi) is 11.7. The highest BCUT2D eigenvalue weighted by molar-refractivity contribution is 6.43. The number of aromatic nitrogens is 2. The summed E-state index contributed by atoms with van der Waals surface area (Å²) in [5.74, 6) is -0.804. The minimum atomic E-state index is -1.11. The zero-order chi connectivity index (χ0) is 38.0. The van der Waals surface area contributed by atoms with E-state index in [1.54, 1.807) is 30.5 Å². The number of nitrogens with one attached hydrogen (secondary N) is 2. The summed E-state index contributed by atoms with van der Waals surface area (Å²) < 4.78 is 7.80. The second-order valence-corrected chi connectivity index (χ2v) is 15.2. The Hall–Kier alpha value is -4.38. The van der Waals surface area contributed by atoms with Crippen LogP contribution in [0.1, 0.15) is 95.3 Å². The molecule has 1 aliphatic heterocycles. The highest BCUT2D eigenvalue weighted by Gasteiger charge is 2.41.